The summed E-state index contributed by atoms with van der Waals surface area (Å²) in [6, 6.07) is 13.7. The van der Waals surface area contributed by atoms with Crippen LogP contribution in [-0.4, -0.2) is 58.8 Å². The van der Waals surface area contributed by atoms with Gasteiger partial charge in [-0.15, -0.1) is 11.3 Å². The summed E-state index contributed by atoms with van der Waals surface area (Å²) in [5, 5.41) is 3.83. The van der Waals surface area contributed by atoms with Crippen LogP contribution in [0.25, 0.3) is 10.4 Å². The molecule has 0 radical (unpaired) electrons. The molecule has 1 fully saturated rings. The lowest BCUT2D eigenvalue weighted by molar-refractivity contribution is -0.157. The molecule has 1 aliphatic rings. The Labute approximate surface area is 269 Å². The number of ether oxygens (including phenoxy) is 3. The lowest BCUT2D eigenvalue weighted by Gasteiger charge is -2.35. The number of rotatable bonds is 10. The predicted molar refractivity (Wildman–Crippen MR) is 173 cm³/mol. The van der Waals surface area contributed by atoms with E-state index < -0.39 is 34.2 Å². The Morgan fingerprint density at radius 3 is 2.42 bits per heavy atom. The van der Waals surface area contributed by atoms with Crippen molar-refractivity contribution in [3.8, 4) is 16.2 Å². The van der Waals surface area contributed by atoms with Gasteiger partial charge in [0.1, 0.15) is 5.60 Å². The summed E-state index contributed by atoms with van der Waals surface area (Å²) in [5.41, 5.74) is 1.11. The number of nitrogens with one attached hydrogen (secondary N) is 1. The molecule has 9 nitrogen and oxygen atoms in total. The van der Waals surface area contributed by atoms with Gasteiger partial charge in [-0.05, 0) is 98.0 Å². The Balaban J connectivity index is 1.72. The molecule has 1 aliphatic heterocycles. The molecule has 1 aromatic heterocycles. The van der Waals surface area contributed by atoms with E-state index in [4.69, 9.17) is 25.8 Å². The fraction of sp³-hybridized carbons (Fsp3) is 0.400. The molecular weight excluding hydrogens is 680 g/mol. The third kappa shape index (κ3) is 8.51. The first-order valence-electron chi connectivity index (χ1n) is 13.6. The minimum atomic E-state index is -3.80. The number of thiophene rings is 1. The number of carbonyl (C=O) groups is 2. The fourth-order valence-corrected chi connectivity index (χ4v) is 8.67. The van der Waals surface area contributed by atoms with Gasteiger partial charge in [0, 0.05) is 11.1 Å². The van der Waals surface area contributed by atoms with E-state index in [1.807, 2.05) is 6.07 Å². The number of hydrogen-bond acceptors (Lipinski definition) is 9. The highest BCUT2D eigenvalue weighted by Gasteiger charge is 2.33. The van der Waals surface area contributed by atoms with Crippen LogP contribution in [0.2, 0.25) is 5.02 Å². The lowest BCUT2D eigenvalue weighted by atomic mass is 10.1. The summed E-state index contributed by atoms with van der Waals surface area (Å²) in [7, 11) is -2.54. The van der Waals surface area contributed by atoms with Gasteiger partial charge in [0.15, 0.2) is 17.2 Å². The molecule has 43 heavy (non-hydrogen) atoms. The van der Waals surface area contributed by atoms with Crippen LogP contribution >= 0.6 is 38.9 Å². The average molecular weight is 714 g/mol. The molecule has 0 atom stereocenters. The van der Waals surface area contributed by atoms with E-state index in [0.29, 0.717) is 57.1 Å². The van der Waals surface area contributed by atoms with E-state index in [9.17, 15) is 18.0 Å². The zero-order chi connectivity index (χ0) is 31.4. The Bertz CT molecular complexity index is 1560. The Kier molecular flexibility index (Phi) is 10.8. The molecule has 2 aromatic carbocycles. The van der Waals surface area contributed by atoms with Crippen molar-refractivity contribution in [1.82, 2.24) is 5.32 Å². The first kappa shape index (κ1) is 33.3. The average Bonchev–Trinajstić information content (AvgIpc) is 3.28. The second-order valence-corrected chi connectivity index (χ2v) is 15.1. The molecule has 0 amide bonds. The molecule has 0 aliphatic carbocycles. The number of piperidine rings is 1. The number of anilines is 1. The van der Waals surface area contributed by atoms with E-state index in [1.165, 1.54) is 11.4 Å². The van der Waals surface area contributed by atoms with E-state index in [2.05, 4.69) is 21.2 Å². The molecule has 232 valence electrons. The lowest BCUT2D eigenvalue weighted by Crippen LogP contribution is -2.46. The summed E-state index contributed by atoms with van der Waals surface area (Å²) >= 11 is 10.7. The summed E-state index contributed by atoms with van der Waals surface area (Å²) in [4.78, 5) is 25.8. The Morgan fingerprint density at radius 2 is 1.79 bits per heavy atom. The van der Waals surface area contributed by atoms with Gasteiger partial charge < -0.3 is 19.5 Å². The monoisotopic (exact) mass is 712 g/mol. The maximum atomic E-state index is 14.0. The first-order chi connectivity index (χ1) is 20.3. The van der Waals surface area contributed by atoms with E-state index in [-0.39, 0.29) is 22.4 Å². The van der Waals surface area contributed by atoms with Crippen molar-refractivity contribution in [1.29, 1.82) is 0 Å². The van der Waals surface area contributed by atoms with Crippen molar-refractivity contribution in [2.24, 2.45) is 0 Å². The molecule has 2 heterocycles. The third-order valence-electron chi connectivity index (χ3n) is 6.50. The zero-order valence-electron chi connectivity index (χ0n) is 24.3. The molecule has 13 heteroatoms. The minimum absolute atomic E-state index is 0.147. The maximum absolute atomic E-state index is 14.0. The minimum Gasteiger partial charge on any atom is -0.479 e. The zero-order valence-corrected chi connectivity index (χ0v) is 28.3. The quantitative estimate of drug-likeness (QED) is 0.240. The largest absolute Gasteiger partial charge is 0.479 e. The van der Waals surface area contributed by atoms with Crippen molar-refractivity contribution in [2.45, 2.75) is 51.0 Å². The van der Waals surface area contributed by atoms with Crippen LogP contribution in [0, 0.1) is 0 Å². The molecule has 0 saturated carbocycles. The van der Waals surface area contributed by atoms with Crippen molar-refractivity contribution >= 4 is 66.5 Å². The molecule has 0 bridgehead atoms. The van der Waals surface area contributed by atoms with Gasteiger partial charge in [-0.3, -0.25) is 4.31 Å². The van der Waals surface area contributed by atoms with Gasteiger partial charge in [0.25, 0.3) is 0 Å². The van der Waals surface area contributed by atoms with E-state index >= 15 is 0 Å². The topological polar surface area (TPSA) is 111 Å². The summed E-state index contributed by atoms with van der Waals surface area (Å²) < 4.78 is 46.0. The first-order valence-corrected chi connectivity index (χ1v) is 17.2. The number of methoxy groups -OCH3 is 1. The maximum Gasteiger partial charge on any atom is 0.351 e. The van der Waals surface area contributed by atoms with Gasteiger partial charge in [0.2, 0.25) is 10.0 Å². The number of hydrogen-bond donors (Lipinski definition) is 1. The van der Waals surface area contributed by atoms with Gasteiger partial charge >= 0.3 is 11.9 Å². The Morgan fingerprint density at radius 1 is 1.12 bits per heavy atom. The predicted octanol–water partition coefficient (Wildman–Crippen LogP) is 6.43. The van der Waals surface area contributed by atoms with E-state index in [1.54, 1.807) is 63.2 Å². The summed E-state index contributed by atoms with van der Waals surface area (Å²) in [6.45, 7) is 6.24. The molecule has 1 N–H and O–H groups in total. The highest BCUT2D eigenvalue weighted by atomic mass is 79.9. The summed E-state index contributed by atoms with van der Waals surface area (Å²) in [6.07, 6.45) is 1.31. The summed E-state index contributed by atoms with van der Waals surface area (Å²) in [5.74, 6) is -1.26. The van der Waals surface area contributed by atoms with Gasteiger partial charge in [-0.25, -0.2) is 18.0 Å². The van der Waals surface area contributed by atoms with Gasteiger partial charge in [-0.2, -0.15) is 0 Å². The number of carbonyl (C=O) groups excluding carboxylic acids is 2. The third-order valence-corrected chi connectivity index (χ3v) is 10.8. The molecular formula is C30H34BrClN2O7S2. The van der Waals surface area contributed by atoms with Crippen LogP contribution in [0.4, 0.5) is 5.69 Å². The SMILES string of the molecule is COC(=O)c1sc(-c2cccc(N(C3CCNCC3)S(=O)(=O)Cc3ccc(Cl)cc3)c2)c(Br)c1OCC(=O)OC(C)(C)C. The second kappa shape index (κ2) is 14.0. The van der Waals surface area contributed by atoms with Crippen molar-refractivity contribution in [3.05, 3.63) is 68.5 Å². The smallest absolute Gasteiger partial charge is 0.351 e. The fourth-order valence-electron chi connectivity index (χ4n) is 4.72. The van der Waals surface area contributed by atoms with Crippen LogP contribution in [0.5, 0.6) is 5.75 Å². The molecule has 0 unspecified atom stereocenters. The number of esters is 2. The van der Waals surface area contributed by atoms with Crippen molar-refractivity contribution < 1.29 is 32.2 Å². The molecule has 3 aromatic rings. The molecule has 1 saturated heterocycles. The van der Waals surface area contributed by atoms with E-state index in [0.717, 1.165) is 11.3 Å². The number of halogens is 2. The highest BCUT2D eigenvalue weighted by molar-refractivity contribution is 9.10. The van der Waals surface area contributed by atoms with Crippen molar-refractivity contribution in [3.63, 3.8) is 0 Å². The van der Waals surface area contributed by atoms with Crippen molar-refractivity contribution in [2.75, 3.05) is 31.1 Å². The Hall–Kier alpha value is -2.64. The van der Waals surface area contributed by atoms with Crippen LogP contribution in [0.1, 0.15) is 48.8 Å². The molecule has 4 rings (SSSR count). The second-order valence-electron chi connectivity index (χ2n) is 11.0. The van der Waals surface area contributed by atoms with Crippen LogP contribution < -0.4 is 14.4 Å². The van der Waals surface area contributed by atoms with Gasteiger partial charge in [0.05, 0.1) is 27.9 Å². The number of nitrogens with zero attached hydrogens (tertiary/aromatic N) is 1. The number of sulfonamides is 1. The van der Waals surface area contributed by atoms with Gasteiger partial charge in [-0.1, -0.05) is 35.9 Å². The van der Waals surface area contributed by atoms with Crippen LogP contribution in [-0.2, 0) is 30.0 Å². The standard InChI is InChI=1S/C30H34BrClN2O7S2/c1-30(2,3)41-24(35)17-40-26-25(31)27(42-28(26)29(36)39-4)20-6-5-7-23(16-20)34(22-12-14-33-15-13-22)43(37,38)18-19-8-10-21(32)11-9-19/h5-11,16,22,33H,12-15,17-18H2,1-4H3. The normalized spacial score (nSPS) is 14.3. The van der Waals surface area contributed by atoms with Crippen LogP contribution in [0.3, 0.4) is 0 Å². The number of benzene rings is 2. The van der Waals surface area contributed by atoms with Crippen LogP contribution in [0.15, 0.2) is 53.0 Å². The highest BCUT2D eigenvalue weighted by Crippen LogP contribution is 2.47. The molecule has 0 spiro atoms.